The zero-order chi connectivity index (χ0) is 18.4. The molecule has 3 fully saturated rings. The number of hydrogen-bond donors (Lipinski definition) is 1. The fourth-order valence-electron chi connectivity index (χ4n) is 5.41. The molecule has 1 N–H and O–H groups in total. The summed E-state index contributed by atoms with van der Waals surface area (Å²) in [5, 5.41) is 17.8. The number of nitrogens with zero attached hydrogens (tertiary/aromatic N) is 4. The minimum absolute atomic E-state index is 0.227. The molecule has 1 aliphatic carbocycles. The van der Waals surface area contributed by atoms with Crippen molar-refractivity contribution in [1.82, 2.24) is 15.1 Å². The smallest absolute Gasteiger partial charge is 0.317 e. The minimum Gasteiger partial charge on any atom is -0.508 e. The predicted molar refractivity (Wildman–Crippen MR) is 98.2 cm³/mol. The standard InChI is InChI=1S/C20H25FN4O2/c21-15-1-2-18(26)17(9-15)14-4-7-24(8-5-14)16-3-6-20(10-16)11-25(12-20)19-23-22-13-27-19/h1-2,9,13-14,16,26H,3-8,10-12H2/t16-/m1/s1. The maximum atomic E-state index is 13.5. The van der Waals surface area contributed by atoms with Gasteiger partial charge in [0.25, 0.3) is 0 Å². The Balaban J connectivity index is 1.16. The first-order valence-corrected chi connectivity index (χ1v) is 9.85. The molecule has 5 rings (SSSR count). The highest BCUT2D eigenvalue weighted by molar-refractivity contribution is 5.36. The van der Waals surface area contributed by atoms with E-state index in [-0.39, 0.29) is 17.5 Å². The number of rotatable bonds is 3. The summed E-state index contributed by atoms with van der Waals surface area (Å²) in [6, 6.07) is 5.57. The van der Waals surface area contributed by atoms with Crippen molar-refractivity contribution in [2.75, 3.05) is 31.1 Å². The molecule has 1 saturated carbocycles. The van der Waals surface area contributed by atoms with E-state index in [9.17, 15) is 9.50 Å². The SMILES string of the molecule is Oc1ccc(F)cc1C1CCN([C@@H]2CCC3(C2)CN(c2nnco2)C3)CC1. The Morgan fingerprint density at radius 3 is 2.74 bits per heavy atom. The molecule has 6 nitrogen and oxygen atoms in total. The molecule has 1 atom stereocenters. The quantitative estimate of drug-likeness (QED) is 0.893. The second-order valence-electron chi connectivity index (χ2n) is 8.49. The van der Waals surface area contributed by atoms with E-state index in [1.54, 1.807) is 0 Å². The zero-order valence-corrected chi connectivity index (χ0v) is 15.4. The third-order valence-electron chi connectivity index (χ3n) is 6.82. The molecule has 0 bridgehead atoms. The van der Waals surface area contributed by atoms with E-state index in [2.05, 4.69) is 20.0 Å². The Kier molecular flexibility index (Phi) is 4.07. The molecule has 27 heavy (non-hydrogen) atoms. The number of aromatic hydroxyl groups is 1. The van der Waals surface area contributed by atoms with Gasteiger partial charge in [-0.3, -0.25) is 0 Å². The maximum Gasteiger partial charge on any atom is 0.317 e. The first-order chi connectivity index (χ1) is 13.1. The summed E-state index contributed by atoms with van der Waals surface area (Å²) in [4.78, 5) is 4.78. The summed E-state index contributed by atoms with van der Waals surface area (Å²) in [5.41, 5.74) is 1.17. The normalized spacial score (nSPS) is 25.8. The Morgan fingerprint density at radius 1 is 1.19 bits per heavy atom. The summed E-state index contributed by atoms with van der Waals surface area (Å²) < 4.78 is 18.8. The van der Waals surface area contributed by atoms with Crippen LogP contribution in [0.1, 0.15) is 43.6 Å². The lowest BCUT2D eigenvalue weighted by Crippen LogP contribution is -2.56. The van der Waals surface area contributed by atoms with Gasteiger partial charge in [0.2, 0.25) is 6.39 Å². The van der Waals surface area contributed by atoms with Crippen LogP contribution in [0.15, 0.2) is 29.0 Å². The monoisotopic (exact) mass is 372 g/mol. The number of halogens is 1. The van der Waals surface area contributed by atoms with Crippen molar-refractivity contribution in [3.63, 3.8) is 0 Å². The number of likely N-dealkylation sites (tertiary alicyclic amines) is 1. The van der Waals surface area contributed by atoms with Crippen LogP contribution in [0.3, 0.4) is 0 Å². The molecule has 3 aliphatic rings. The summed E-state index contributed by atoms with van der Waals surface area (Å²) >= 11 is 0. The second kappa shape index (κ2) is 6.48. The van der Waals surface area contributed by atoms with E-state index >= 15 is 0 Å². The number of phenols is 1. The third-order valence-corrected chi connectivity index (χ3v) is 6.82. The van der Waals surface area contributed by atoms with Gasteiger partial charge in [-0.15, -0.1) is 5.10 Å². The lowest BCUT2D eigenvalue weighted by atomic mass is 9.78. The van der Waals surface area contributed by atoms with Crippen LogP contribution in [0.25, 0.3) is 0 Å². The highest BCUT2D eigenvalue weighted by atomic mass is 19.1. The average molecular weight is 372 g/mol. The average Bonchev–Trinajstić information content (AvgIpc) is 3.32. The number of anilines is 1. The van der Waals surface area contributed by atoms with Crippen LogP contribution in [-0.2, 0) is 0 Å². The van der Waals surface area contributed by atoms with Gasteiger partial charge in [0.15, 0.2) is 0 Å². The number of hydrogen-bond acceptors (Lipinski definition) is 6. The van der Waals surface area contributed by atoms with Crippen molar-refractivity contribution in [1.29, 1.82) is 0 Å². The van der Waals surface area contributed by atoms with Crippen molar-refractivity contribution in [3.05, 3.63) is 36.0 Å². The van der Waals surface area contributed by atoms with Crippen LogP contribution >= 0.6 is 0 Å². The van der Waals surface area contributed by atoms with E-state index in [1.807, 2.05) is 0 Å². The van der Waals surface area contributed by atoms with E-state index < -0.39 is 0 Å². The second-order valence-corrected chi connectivity index (χ2v) is 8.49. The minimum atomic E-state index is -0.265. The molecule has 0 unspecified atom stereocenters. The maximum absolute atomic E-state index is 13.5. The molecule has 0 radical (unpaired) electrons. The third kappa shape index (κ3) is 3.08. The lowest BCUT2D eigenvalue weighted by Gasteiger charge is -2.48. The molecule has 2 saturated heterocycles. The highest BCUT2D eigenvalue weighted by Gasteiger charge is 2.50. The summed E-state index contributed by atoms with van der Waals surface area (Å²) in [7, 11) is 0. The largest absolute Gasteiger partial charge is 0.508 e. The van der Waals surface area contributed by atoms with Crippen molar-refractivity contribution < 1.29 is 13.9 Å². The van der Waals surface area contributed by atoms with E-state index in [4.69, 9.17) is 4.42 Å². The van der Waals surface area contributed by atoms with Gasteiger partial charge in [-0.05, 0) is 74.9 Å². The van der Waals surface area contributed by atoms with Gasteiger partial charge >= 0.3 is 6.01 Å². The Labute approximate surface area is 158 Å². The van der Waals surface area contributed by atoms with Crippen LogP contribution in [0, 0.1) is 11.2 Å². The molecule has 2 aromatic rings. The molecule has 1 aromatic carbocycles. The fraction of sp³-hybridized carbons (Fsp3) is 0.600. The van der Waals surface area contributed by atoms with E-state index in [0.717, 1.165) is 44.6 Å². The van der Waals surface area contributed by atoms with Crippen molar-refractivity contribution in [2.45, 2.75) is 44.1 Å². The van der Waals surface area contributed by atoms with Crippen LogP contribution in [0.5, 0.6) is 5.75 Å². The fourth-order valence-corrected chi connectivity index (χ4v) is 5.41. The van der Waals surface area contributed by atoms with Crippen LogP contribution in [0.2, 0.25) is 0 Å². The van der Waals surface area contributed by atoms with E-state index in [1.165, 1.54) is 43.9 Å². The van der Waals surface area contributed by atoms with Gasteiger partial charge < -0.3 is 19.3 Å². The molecule has 2 aliphatic heterocycles. The van der Waals surface area contributed by atoms with Crippen LogP contribution in [0.4, 0.5) is 10.4 Å². The van der Waals surface area contributed by atoms with Gasteiger partial charge in [0.05, 0.1) is 0 Å². The summed E-state index contributed by atoms with van der Waals surface area (Å²) in [6.45, 7) is 4.07. The first-order valence-electron chi connectivity index (χ1n) is 9.85. The van der Waals surface area contributed by atoms with Gasteiger partial charge in [0, 0.05) is 24.5 Å². The molecular weight excluding hydrogens is 347 g/mol. The number of aromatic nitrogens is 2. The van der Waals surface area contributed by atoms with Gasteiger partial charge in [-0.1, -0.05) is 5.10 Å². The Bertz CT molecular complexity index is 798. The van der Waals surface area contributed by atoms with Gasteiger partial charge in [0.1, 0.15) is 11.6 Å². The van der Waals surface area contributed by atoms with Crippen molar-refractivity contribution in [3.8, 4) is 5.75 Å². The molecule has 3 heterocycles. The number of phenolic OH excluding ortho intramolecular Hbond substituents is 1. The molecule has 144 valence electrons. The van der Waals surface area contributed by atoms with Crippen LogP contribution < -0.4 is 4.90 Å². The molecule has 7 heteroatoms. The zero-order valence-electron chi connectivity index (χ0n) is 15.4. The van der Waals surface area contributed by atoms with Crippen molar-refractivity contribution >= 4 is 6.01 Å². The van der Waals surface area contributed by atoms with Crippen molar-refractivity contribution in [2.24, 2.45) is 5.41 Å². The molecule has 1 aromatic heterocycles. The summed E-state index contributed by atoms with van der Waals surface area (Å²) in [6.07, 6.45) is 7.08. The predicted octanol–water partition coefficient (Wildman–Crippen LogP) is 3.15. The van der Waals surface area contributed by atoms with Crippen LogP contribution in [-0.4, -0.2) is 52.4 Å². The molecular formula is C20H25FN4O2. The highest BCUT2D eigenvalue weighted by Crippen LogP contribution is 2.48. The first kappa shape index (κ1) is 17.0. The number of benzene rings is 1. The molecule has 1 spiro atoms. The van der Waals surface area contributed by atoms with Gasteiger partial charge in [-0.25, -0.2) is 4.39 Å². The Hall–Kier alpha value is -2.15. The Morgan fingerprint density at radius 2 is 2.00 bits per heavy atom. The summed E-state index contributed by atoms with van der Waals surface area (Å²) in [5.74, 6) is 0.216. The molecule has 0 amide bonds. The lowest BCUT2D eigenvalue weighted by molar-refractivity contribution is 0.129. The van der Waals surface area contributed by atoms with E-state index in [0.29, 0.717) is 17.5 Å². The van der Waals surface area contributed by atoms with Gasteiger partial charge in [-0.2, -0.15) is 0 Å². The topological polar surface area (TPSA) is 65.6 Å². The number of piperidine rings is 1.